The number of nitrogens with zero attached hydrogens (tertiary/aromatic N) is 1. The fourth-order valence-corrected chi connectivity index (χ4v) is 5.03. The molecule has 0 aliphatic carbocycles. The van der Waals surface area contributed by atoms with Crippen LogP contribution in [-0.2, 0) is 19.6 Å². The summed E-state index contributed by atoms with van der Waals surface area (Å²) in [5.41, 5.74) is 0.286. The summed E-state index contributed by atoms with van der Waals surface area (Å²) in [6, 6.07) is 9.70. The van der Waals surface area contributed by atoms with Crippen molar-refractivity contribution in [3.63, 3.8) is 0 Å². The van der Waals surface area contributed by atoms with Gasteiger partial charge in [0.05, 0.1) is 17.0 Å². The minimum absolute atomic E-state index is 0.0803. The van der Waals surface area contributed by atoms with E-state index in [1.54, 1.807) is 37.3 Å². The van der Waals surface area contributed by atoms with Gasteiger partial charge in [0.25, 0.3) is 0 Å². The minimum atomic E-state index is -3.89. The van der Waals surface area contributed by atoms with Gasteiger partial charge in [-0.2, -0.15) is 0 Å². The number of rotatable bonds is 10. The van der Waals surface area contributed by atoms with Crippen molar-refractivity contribution in [2.45, 2.75) is 19.8 Å². The maximum atomic E-state index is 15.2. The number of sulfonamides is 1. The summed E-state index contributed by atoms with van der Waals surface area (Å²) in [4.78, 5) is 42.7. The van der Waals surface area contributed by atoms with Gasteiger partial charge < -0.3 is 15.4 Å². The molecule has 0 aliphatic heterocycles. The van der Waals surface area contributed by atoms with Crippen LogP contribution < -0.4 is 10.0 Å². The third-order valence-corrected chi connectivity index (χ3v) is 7.12. The zero-order valence-corrected chi connectivity index (χ0v) is 21.2. The molecular weight excluding hydrogens is 534 g/mol. The number of aliphatic carboxylic acids is 1. The first-order valence-electron chi connectivity index (χ1n) is 11.6. The lowest BCUT2D eigenvalue weighted by Gasteiger charge is -2.11. The highest BCUT2D eigenvalue weighted by atomic mass is 32.2. The summed E-state index contributed by atoms with van der Waals surface area (Å²) < 4.78 is 56.1. The average Bonchev–Trinajstić information content (AvgIpc) is 3.29. The zero-order chi connectivity index (χ0) is 28.3. The Balaban J connectivity index is 1.66. The van der Waals surface area contributed by atoms with E-state index in [0.717, 1.165) is 12.1 Å². The van der Waals surface area contributed by atoms with Crippen molar-refractivity contribution in [2.24, 2.45) is 0 Å². The number of carbonyl (C=O) groups excluding carboxylic acids is 2. The van der Waals surface area contributed by atoms with Crippen molar-refractivity contribution >= 4 is 50.1 Å². The van der Waals surface area contributed by atoms with Crippen molar-refractivity contribution in [3.05, 3.63) is 77.6 Å². The number of hydrogen-bond acceptors (Lipinski definition) is 6. The predicted molar refractivity (Wildman–Crippen MR) is 140 cm³/mol. The number of aromatic amines is 1. The Bertz CT molecular complexity index is 1700. The van der Waals surface area contributed by atoms with E-state index >= 15 is 4.39 Å². The number of pyridine rings is 1. The third kappa shape index (κ3) is 6.09. The molecular formula is C26H22F2N4O6S. The zero-order valence-electron chi connectivity index (χ0n) is 20.4. The molecule has 0 aliphatic rings. The fourth-order valence-electron chi connectivity index (χ4n) is 3.90. The van der Waals surface area contributed by atoms with Crippen LogP contribution in [-0.4, -0.2) is 46.9 Å². The van der Waals surface area contributed by atoms with E-state index in [9.17, 15) is 27.2 Å². The number of carboxylic acid groups (broad SMARTS) is 1. The van der Waals surface area contributed by atoms with Gasteiger partial charge >= 0.3 is 5.97 Å². The summed E-state index contributed by atoms with van der Waals surface area (Å²) in [6.07, 6.45) is 2.37. The number of hydrogen-bond donors (Lipinski definition) is 4. The van der Waals surface area contributed by atoms with Crippen LogP contribution in [0.3, 0.4) is 0 Å². The second-order valence-electron chi connectivity index (χ2n) is 8.55. The summed E-state index contributed by atoms with van der Waals surface area (Å²) in [5.74, 6) is -5.73. The highest BCUT2D eigenvalue weighted by Gasteiger charge is 2.26. The first kappa shape index (κ1) is 27.4. The standard InChI is InChI=1S/C26H22F2N4O6S/c1-2-9-39(37,38)32-20-8-7-19(27)23(24(20)28)25(36)18-13-30-26-17(18)10-15(12-29-26)14-3-5-16(6-4-14)31-21(33)11-22(34)35/h3-8,10,12-13,32H,2,9,11H2,1H3,(H,29,30)(H,31,33)(H,34,35). The molecule has 4 aromatic rings. The second-order valence-corrected chi connectivity index (χ2v) is 10.4. The van der Waals surface area contributed by atoms with Crippen LogP contribution >= 0.6 is 0 Å². The van der Waals surface area contributed by atoms with E-state index in [1.165, 1.54) is 12.4 Å². The van der Waals surface area contributed by atoms with E-state index in [0.29, 0.717) is 16.8 Å². The normalized spacial score (nSPS) is 11.4. The van der Waals surface area contributed by atoms with Crippen LogP contribution in [0.2, 0.25) is 0 Å². The van der Waals surface area contributed by atoms with Crippen molar-refractivity contribution in [2.75, 3.05) is 15.8 Å². The van der Waals surface area contributed by atoms with E-state index in [-0.39, 0.29) is 28.8 Å². The van der Waals surface area contributed by atoms with Gasteiger partial charge in [-0.3, -0.25) is 19.1 Å². The van der Waals surface area contributed by atoms with Crippen molar-refractivity contribution < 1.29 is 36.7 Å². The molecule has 0 fully saturated rings. The molecule has 4 rings (SSSR count). The number of halogens is 2. The van der Waals surface area contributed by atoms with Crippen LogP contribution in [0.15, 0.2) is 54.9 Å². The molecule has 13 heteroatoms. The first-order chi connectivity index (χ1) is 18.5. The SMILES string of the molecule is CCCS(=O)(=O)Nc1ccc(F)c(C(=O)c2c[nH]c3ncc(-c4ccc(NC(=O)CC(=O)O)cc4)cc23)c1F. The maximum absolute atomic E-state index is 15.2. The van der Waals surface area contributed by atoms with Crippen LogP contribution in [0.5, 0.6) is 0 Å². The van der Waals surface area contributed by atoms with Gasteiger partial charge in [-0.25, -0.2) is 22.2 Å². The van der Waals surface area contributed by atoms with Crippen molar-refractivity contribution in [3.8, 4) is 11.1 Å². The maximum Gasteiger partial charge on any atom is 0.312 e. The highest BCUT2D eigenvalue weighted by Crippen LogP contribution is 2.30. The number of carbonyl (C=O) groups is 3. The van der Waals surface area contributed by atoms with Gasteiger partial charge in [-0.1, -0.05) is 19.1 Å². The van der Waals surface area contributed by atoms with Gasteiger partial charge in [0.1, 0.15) is 17.9 Å². The van der Waals surface area contributed by atoms with E-state index in [1.807, 2.05) is 0 Å². The number of nitrogens with one attached hydrogen (secondary N) is 3. The predicted octanol–water partition coefficient (Wildman–Crippen LogP) is 4.30. The Labute approximate surface area is 221 Å². The Morgan fingerprint density at radius 2 is 1.77 bits per heavy atom. The molecule has 2 heterocycles. The smallest absolute Gasteiger partial charge is 0.312 e. The number of amides is 1. The van der Waals surface area contributed by atoms with Gasteiger partial charge in [-0.05, 0) is 42.3 Å². The lowest BCUT2D eigenvalue weighted by molar-refractivity contribution is -0.139. The van der Waals surface area contributed by atoms with Crippen molar-refractivity contribution in [1.29, 1.82) is 0 Å². The quantitative estimate of drug-likeness (QED) is 0.167. The summed E-state index contributed by atoms with van der Waals surface area (Å²) in [6.45, 7) is 1.63. The minimum Gasteiger partial charge on any atom is -0.481 e. The molecule has 0 unspecified atom stereocenters. The second kappa shape index (κ2) is 11.0. The number of benzene rings is 2. The Morgan fingerprint density at radius 3 is 2.44 bits per heavy atom. The first-order valence-corrected chi connectivity index (χ1v) is 13.3. The molecule has 0 saturated carbocycles. The molecule has 2 aromatic heterocycles. The number of anilines is 2. The van der Waals surface area contributed by atoms with Crippen LogP contribution in [0.1, 0.15) is 35.7 Å². The molecule has 0 atom stereocenters. The molecule has 2 aromatic carbocycles. The van der Waals surface area contributed by atoms with Gasteiger partial charge in [0, 0.05) is 34.6 Å². The largest absolute Gasteiger partial charge is 0.481 e. The Hall–Kier alpha value is -4.65. The molecule has 0 spiro atoms. The van der Waals surface area contributed by atoms with Gasteiger partial charge in [-0.15, -0.1) is 0 Å². The molecule has 202 valence electrons. The Morgan fingerprint density at radius 1 is 1.05 bits per heavy atom. The summed E-state index contributed by atoms with van der Waals surface area (Å²) in [7, 11) is -3.89. The number of H-pyrrole nitrogens is 1. The molecule has 0 saturated heterocycles. The fraction of sp³-hybridized carbons (Fsp3) is 0.154. The average molecular weight is 557 g/mol. The molecule has 0 bridgehead atoms. The topological polar surface area (TPSA) is 158 Å². The van der Waals surface area contributed by atoms with E-state index < -0.39 is 57.0 Å². The number of ketones is 1. The molecule has 39 heavy (non-hydrogen) atoms. The molecule has 4 N–H and O–H groups in total. The molecule has 1 amide bonds. The summed E-state index contributed by atoms with van der Waals surface area (Å²) in [5, 5.41) is 11.4. The number of carboxylic acids is 1. The summed E-state index contributed by atoms with van der Waals surface area (Å²) >= 11 is 0. The van der Waals surface area contributed by atoms with Crippen LogP contribution in [0.4, 0.5) is 20.2 Å². The monoisotopic (exact) mass is 556 g/mol. The molecule has 0 radical (unpaired) electrons. The highest BCUT2D eigenvalue weighted by molar-refractivity contribution is 7.92. The van der Waals surface area contributed by atoms with Crippen LogP contribution in [0.25, 0.3) is 22.2 Å². The Kier molecular flexibility index (Phi) is 7.72. The van der Waals surface area contributed by atoms with E-state index in [2.05, 4.69) is 20.0 Å². The third-order valence-electron chi connectivity index (χ3n) is 5.65. The van der Waals surface area contributed by atoms with Gasteiger partial charge in [0.15, 0.2) is 5.82 Å². The van der Waals surface area contributed by atoms with E-state index in [4.69, 9.17) is 5.11 Å². The van der Waals surface area contributed by atoms with Crippen LogP contribution in [0, 0.1) is 11.6 Å². The van der Waals surface area contributed by atoms with Crippen molar-refractivity contribution in [1.82, 2.24) is 9.97 Å². The van der Waals surface area contributed by atoms with Gasteiger partial charge in [0.2, 0.25) is 21.7 Å². The molecule has 10 nitrogen and oxygen atoms in total. The lowest BCUT2D eigenvalue weighted by Crippen LogP contribution is -2.18. The number of fused-ring (bicyclic) bond motifs is 1. The number of aromatic nitrogens is 2. The lowest BCUT2D eigenvalue weighted by atomic mass is 9.99.